The summed E-state index contributed by atoms with van der Waals surface area (Å²) >= 11 is 1.52. The molecule has 0 fully saturated rings. The summed E-state index contributed by atoms with van der Waals surface area (Å²) in [6.45, 7) is 7.60. The number of nitrogens with one attached hydrogen (secondary N) is 1. The molecule has 5 aromatic rings. The lowest BCUT2D eigenvalue weighted by Gasteiger charge is -2.18. The van der Waals surface area contributed by atoms with Crippen LogP contribution in [-0.2, 0) is 13.1 Å². The van der Waals surface area contributed by atoms with Crippen LogP contribution in [0.4, 0.5) is 0 Å². The van der Waals surface area contributed by atoms with Gasteiger partial charge in [0.2, 0.25) is 0 Å². The number of ether oxygens (including phenoxy) is 1. The van der Waals surface area contributed by atoms with E-state index in [9.17, 15) is 9.59 Å². The number of amides is 1. The molecule has 0 saturated carbocycles. The zero-order valence-electron chi connectivity index (χ0n) is 21.9. The maximum Gasteiger partial charge on any atom is 0.263 e. The molecular weight excluding hydrogens is 494 g/mol. The van der Waals surface area contributed by atoms with Crippen molar-refractivity contribution in [3.63, 3.8) is 0 Å². The minimum Gasteiger partial charge on any atom is -0.496 e. The highest BCUT2D eigenvalue weighted by Crippen LogP contribution is 2.31. The number of carbonyl (C=O) groups excluding carboxylic acids is 1. The quantitative estimate of drug-likeness (QED) is 0.258. The number of para-hydroxylation sites is 1. The van der Waals surface area contributed by atoms with E-state index in [4.69, 9.17) is 4.74 Å². The Morgan fingerprint density at radius 3 is 2.55 bits per heavy atom. The zero-order valence-corrected chi connectivity index (χ0v) is 22.7. The Kier molecular flexibility index (Phi) is 7.58. The number of hydrogen-bond acceptors (Lipinski definition) is 5. The van der Waals surface area contributed by atoms with Crippen molar-refractivity contribution < 1.29 is 9.53 Å². The first-order valence-corrected chi connectivity index (χ1v) is 13.7. The summed E-state index contributed by atoms with van der Waals surface area (Å²) in [5.41, 5.74) is 4.57. The van der Waals surface area contributed by atoms with Gasteiger partial charge in [-0.05, 0) is 53.9 Å². The lowest BCUT2D eigenvalue weighted by molar-refractivity contribution is 0.0952. The molecule has 0 aliphatic carbocycles. The average molecular weight is 526 g/mol. The monoisotopic (exact) mass is 525 g/mol. The lowest BCUT2D eigenvalue weighted by Crippen LogP contribution is -2.25. The highest BCUT2D eigenvalue weighted by molar-refractivity contribution is 7.18. The molecule has 1 N–H and O–H groups in total. The third-order valence-electron chi connectivity index (χ3n) is 6.95. The van der Waals surface area contributed by atoms with Crippen LogP contribution in [0.2, 0.25) is 0 Å². The van der Waals surface area contributed by atoms with Crippen LogP contribution in [0.1, 0.15) is 35.3 Å². The summed E-state index contributed by atoms with van der Waals surface area (Å²) in [5.74, 6) is 0.419. The first-order valence-electron chi connectivity index (χ1n) is 12.8. The molecule has 194 valence electrons. The van der Waals surface area contributed by atoms with Crippen LogP contribution < -0.4 is 15.6 Å². The van der Waals surface area contributed by atoms with E-state index in [1.54, 1.807) is 17.7 Å². The normalized spacial score (nSPS) is 11.4. The Hall–Kier alpha value is -3.94. The first kappa shape index (κ1) is 25.7. The second-order valence-electron chi connectivity index (χ2n) is 9.18. The Bertz CT molecular complexity index is 1670. The van der Waals surface area contributed by atoms with E-state index in [0.717, 1.165) is 46.4 Å². The van der Waals surface area contributed by atoms with Gasteiger partial charge in [0.1, 0.15) is 5.75 Å². The van der Waals surface area contributed by atoms with Gasteiger partial charge in [-0.3, -0.25) is 18.9 Å². The minimum atomic E-state index is -0.209. The fraction of sp³-hybridized carbons (Fsp3) is 0.226. The van der Waals surface area contributed by atoms with Gasteiger partial charge in [0.15, 0.2) is 0 Å². The van der Waals surface area contributed by atoms with E-state index < -0.39 is 0 Å². The van der Waals surface area contributed by atoms with E-state index in [1.165, 1.54) is 16.9 Å². The molecule has 0 aliphatic rings. The fourth-order valence-corrected chi connectivity index (χ4v) is 5.79. The number of nitrogens with zero attached hydrogens (tertiary/aromatic N) is 2. The number of fused-ring (bicyclic) bond motifs is 3. The first-order chi connectivity index (χ1) is 18.5. The Morgan fingerprint density at radius 2 is 1.76 bits per heavy atom. The summed E-state index contributed by atoms with van der Waals surface area (Å²) in [7, 11) is 1.59. The molecule has 0 spiro atoms. The van der Waals surface area contributed by atoms with Crippen LogP contribution >= 0.6 is 11.3 Å². The van der Waals surface area contributed by atoms with Gasteiger partial charge in [0.05, 0.1) is 28.5 Å². The second-order valence-corrected chi connectivity index (χ2v) is 10.1. The largest absolute Gasteiger partial charge is 0.496 e. The fourth-order valence-electron chi connectivity index (χ4n) is 4.86. The number of thiophene rings is 1. The third kappa shape index (κ3) is 4.95. The maximum absolute atomic E-state index is 13.7. The Balaban J connectivity index is 1.48. The van der Waals surface area contributed by atoms with Gasteiger partial charge in [-0.15, -0.1) is 11.3 Å². The SMILES string of the molecule is CCN(CC)Cc1cccc(CNC(=O)c2cn3c(=O)c(-c4ccccc4OC)ccc3c3sccc23)c1. The topological polar surface area (TPSA) is 63.0 Å². The second kappa shape index (κ2) is 11.2. The van der Waals surface area contributed by atoms with Gasteiger partial charge in [0.25, 0.3) is 11.5 Å². The summed E-state index contributed by atoms with van der Waals surface area (Å²) < 4.78 is 7.98. The van der Waals surface area contributed by atoms with E-state index in [-0.39, 0.29) is 11.5 Å². The van der Waals surface area contributed by atoms with Gasteiger partial charge in [-0.25, -0.2) is 0 Å². The van der Waals surface area contributed by atoms with Crippen LogP contribution in [0.25, 0.3) is 26.7 Å². The van der Waals surface area contributed by atoms with Crippen molar-refractivity contribution in [1.82, 2.24) is 14.6 Å². The number of benzene rings is 2. The van der Waals surface area contributed by atoms with Crippen molar-refractivity contribution in [3.8, 4) is 16.9 Å². The van der Waals surface area contributed by atoms with Crippen molar-refractivity contribution in [2.75, 3.05) is 20.2 Å². The summed E-state index contributed by atoms with van der Waals surface area (Å²) in [4.78, 5) is 29.5. The van der Waals surface area contributed by atoms with E-state index in [2.05, 4.69) is 36.2 Å². The van der Waals surface area contributed by atoms with Crippen molar-refractivity contribution in [2.24, 2.45) is 0 Å². The van der Waals surface area contributed by atoms with Crippen molar-refractivity contribution >= 4 is 32.8 Å². The van der Waals surface area contributed by atoms with Crippen LogP contribution in [0.15, 0.2) is 83.1 Å². The molecule has 0 unspecified atom stereocenters. The number of pyridine rings is 2. The zero-order chi connectivity index (χ0) is 26.6. The van der Waals surface area contributed by atoms with Crippen LogP contribution in [0.3, 0.4) is 0 Å². The number of aromatic nitrogens is 1. The van der Waals surface area contributed by atoms with Crippen LogP contribution in [-0.4, -0.2) is 35.4 Å². The summed E-state index contributed by atoms with van der Waals surface area (Å²) in [5, 5.41) is 5.87. The molecule has 6 nitrogen and oxygen atoms in total. The predicted octanol–water partition coefficient (Wildman–Crippen LogP) is 5.96. The summed E-state index contributed by atoms with van der Waals surface area (Å²) in [6, 6.07) is 21.5. The van der Waals surface area contributed by atoms with Gasteiger partial charge in [-0.1, -0.05) is 56.3 Å². The molecule has 1 amide bonds. The van der Waals surface area contributed by atoms with E-state index in [1.807, 2.05) is 60.0 Å². The van der Waals surface area contributed by atoms with Crippen LogP contribution in [0.5, 0.6) is 5.75 Å². The van der Waals surface area contributed by atoms with Gasteiger partial charge >= 0.3 is 0 Å². The molecule has 0 saturated heterocycles. The predicted molar refractivity (Wildman–Crippen MR) is 155 cm³/mol. The molecule has 7 heteroatoms. The minimum absolute atomic E-state index is 0.194. The molecule has 0 atom stereocenters. The average Bonchev–Trinajstić information content (AvgIpc) is 3.45. The molecule has 0 aliphatic heterocycles. The maximum atomic E-state index is 13.7. The third-order valence-corrected chi connectivity index (χ3v) is 7.89. The molecule has 5 rings (SSSR count). The van der Waals surface area contributed by atoms with Gasteiger partial charge in [0, 0.05) is 30.2 Å². The molecular formula is C31H31N3O3S. The van der Waals surface area contributed by atoms with Crippen molar-refractivity contribution in [3.05, 3.63) is 105 Å². The Morgan fingerprint density at radius 1 is 0.974 bits per heavy atom. The van der Waals surface area contributed by atoms with E-state index >= 15 is 0 Å². The van der Waals surface area contributed by atoms with Gasteiger partial charge in [-0.2, -0.15) is 0 Å². The number of methoxy groups -OCH3 is 1. The molecule has 2 aromatic carbocycles. The van der Waals surface area contributed by atoms with Crippen molar-refractivity contribution in [1.29, 1.82) is 0 Å². The molecule has 3 aromatic heterocycles. The standard InChI is InChI=1S/C31H31N3O3S/c1-4-33(5-2)19-22-10-8-9-21(17-22)18-32-30(35)26-20-34-27(29-24(26)15-16-38-29)14-13-25(31(34)36)23-11-6-7-12-28(23)37-3/h6-17,20H,4-5,18-19H2,1-3H3,(H,32,35). The highest BCUT2D eigenvalue weighted by Gasteiger charge is 2.18. The molecule has 3 heterocycles. The number of rotatable bonds is 9. The smallest absolute Gasteiger partial charge is 0.263 e. The van der Waals surface area contributed by atoms with E-state index in [0.29, 0.717) is 23.4 Å². The van der Waals surface area contributed by atoms with Crippen LogP contribution in [0, 0.1) is 0 Å². The number of hydrogen-bond donors (Lipinski definition) is 1. The van der Waals surface area contributed by atoms with Gasteiger partial charge < -0.3 is 10.1 Å². The Labute approximate surface area is 226 Å². The van der Waals surface area contributed by atoms with Crippen molar-refractivity contribution in [2.45, 2.75) is 26.9 Å². The summed E-state index contributed by atoms with van der Waals surface area (Å²) in [6.07, 6.45) is 1.66. The molecule has 0 bridgehead atoms. The lowest BCUT2D eigenvalue weighted by atomic mass is 10.0. The molecule has 38 heavy (non-hydrogen) atoms. The highest BCUT2D eigenvalue weighted by atomic mass is 32.1. The number of carbonyl (C=O) groups is 1. The molecule has 0 radical (unpaired) electrons.